The van der Waals surface area contributed by atoms with Gasteiger partial charge in [-0.05, 0) is 54.1 Å². The van der Waals surface area contributed by atoms with Gasteiger partial charge < -0.3 is 4.74 Å². The number of Topliss-reactive ketones (excluding diaryl/α,β-unsaturated/α-hetero) is 1. The van der Waals surface area contributed by atoms with Crippen LogP contribution in [0.5, 0.6) is 11.5 Å². The molecule has 23 heavy (non-hydrogen) atoms. The summed E-state index contributed by atoms with van der Waals surface area (Å²) < 4.78 is 18.6. The van der Waals surface area contributed by atoms with E-state index in [9.17, 15) is 9.18 Å². The number of ketones is 1. The van der Waals surface area contributed by atoms with Gasteiger partial charge in [0.05, 0.1) is 0 Å². The number of hydrogen-bond acceptors (Lipinski definition) is 2. The average molecular weight is 306 g/mol. The van der Waals surface area contributed by atoms with E-state index >= 15 is 0 Å². The van der Waals surface area contributed by atoms with Crippen molar-refractivity contribution in [3.8, 4) is 11.5 Å². The van der Waals surface area contributed by atoms with Crippen molar-refractivity contribution in [2.24, 2.45) is 0 Å². The molecule has 0 aliphatic rings. The molecule has 3 aromatic carbocycles. The Balaban J connectivity index is 1.66. The lowest BCUT2D eigenvalue weighted by Gasteiger charge is -2.06. The van der Waals surface area contributed by atoms with Crippen LogP contribution in [-0.2, 0) is 6.42 Å². The number of carbonyl (C=O) groups is 1. The van der Waals surface area contributed by atoms with Crippen LogP contribution in [0, 0.1) is 5.82 Å². The molecule has 3 heteroatoms. The highest BCUT2D eigenvalue weighted by molar-refractivity contribution is 5.97. The van der Waals surface area contributed by atoms with E-state index in [1.165, 1.54) is 12.1 Å². The van der Waals surface area contributed by atoms with E-state index in [4.69, 9.17) is 4.74 Å². The average Bonchev–Trinajstić information content (AvgIpc) is 2.58. The number of rotatable bonds is 5. The predicted molar refractivity (Wildman–Crippen MR) is 87.4 cm³/mol. The zero-order valence-corrected chi connectivity index (χ0v) is 12.4. The molecular weight excluding hydrogens is 291 g/mol. The maximum absolute atomic E-state index is 12.9. The van der Waals surface area contributed by atoms with Crippen LogP contribution >= 0.6 is 0 Å². The van der Waals surface area contributed by atoms with E-state index in [2.05, 4.69) is 0 Å². The minimum absolute atomic E-state index is 0.0112. The first kappa shape index (κ1) is 15.0. The molecule has 114 valence electrons. The molecule has 0 saturated carbocycles. The van der Waals surface area contributed by atoms with Crippen molar-refractivity contribution in [1.29, 1.82) is 0 Å². The molecule has 0 amide bonds. The molecule has 0 spiro atoms. The molecule has 0 bridgehead atoms. The van der Waals surface area contributed by atoms with Crippen molar-refractivity contribution in [2.75, 3.05) is 0 Å². The summed E-state index contributed by atoms with van der Waals surface area (Å²) in [5, 5.41) is 0. The van der Waals surface area contributed by atoms with Gasteiger partial charge in [0.15, 0.2) is 5.78 Å². The molecule has 0 aliphatic heterocycles. The summed E-state index contributed by atoms with van der Waals surface area (Å²) in [5.74, 6) is 1.11. The maximum Gasteiger partial charge on any atom is 0.167 e. The van der Waals surface area contributed by atoms with Crippen LogP contribution in [-0.4, -0.2) is 5.78 Å². The van der Waals surface area contributed by atoms with Gasteiger partial charge in [-0.3, -0.25) is 4.79 Å². The van der Waals surface area contributed by atoms with Crippen LogP contribution in [0.25, 0.3) is 0 Å². The van der Waals surface area contributed by atoms with Gasteiger partial charge in [-0.15, -0.1) is 0 Å². The summed E-state index contributed by atoms with van der Waals surface area (Å²) in [5.41, 5.74) is 1.40. The van der Waals surface area contributed by atoms with E-state index in [1.807, 2.05) is 30.3 Å². The van der Waals surface area contributed by atoms with Crippen LogP contribution < -0.4 is 4.74 Å². The lowest BCUT2D eigenvalue weighted by atomic mass is 10.0. The number of halogens is 1. The van der Waals surface area contributed by atoms with Gasteiger partial charge in [0.2, 0.25) is 0 Å². The Hall–Kier alpha value is -2.94. The summed E-state index contributed by atoms with van der Waals surface area (Å²) in [6, 6.07) is 22.4. The molecule has 0 aliphatic carbocycles. The van der Waals surface area contributed by atoms with E-state index < -0.39 is 0 Å². The highest BCUT2D eigenvalue weighted by atomic mass is 19.1. The fraction of sp³-hybridized carbons (Fsp3) is 0.0500. The lowest BCUT2D eigenvalue weighted by Crippen LogP contribution is -2.03. The van der Waals surface area contributed by atoms with Crippen LogP contribution in [0.1, 0.15) is 15.9 Å². The maximum atomic E-state index is 12.9. The van der Waals surface area contributed by atoms with E-state index in [-0.39, 0.29) is 18.0 Å². The Morgan fingerprint density at radius 1 is 0.783 bits per heavy atom. The molecule has 0 aromatic heterocycles. The quantitative estimate of drug-likeness (QED) is 0.617. The molecule has 0 unspecified atom stereocenters. The Morgan fingerprint density at radius 2 is 1.39 bits per heavy atom. The summed E-state index contributed by atoms with van der Waals surface area (Å²) >= 11 is 0. The molecule has 0 fully saturated rings. The first-order chi connectivity index (χ1) is 11.2. The normalized spacial score (nSPS) is 10.3. The fourth-order valence-corrected chi connectivity index (χ4v) is 2.22. The predicted octanol–water partition coefficient (Wildman–Crippen LogP) is 5.04. The minimum atomic E-state index is -0.302. The van der Waals surface area contributed by atoms with Crippen molar-refractivity contribution in [3.05, 3.63) is 95.8 Å². The third-order valence-electron chi connectivity index (χ3n) is 3.43. The number of para-hydroxylation sites is 1. The van der Waals surface area contributed by atoms with Gasteiger partial charge in [-0.2, -0.15) is 0 Å². The standard InChI is InChI=1S/C20H15FO2/c21-17-10-6-15(7-11-17)14-20(22)16-8-12-19(13-9-16)23-18-4-2-1-3-5-18/h1-13H,14H2. The van der Waals surface area contributed by atoms with Crippen molar-refractivity contribution in [2.45, 2.75) is 6.42 Å². The molecule has 0 saturated heterocycles. The van der Waals surface area contributed by atoms with Crippen molar-refractivity contribution in [3.63, 3.8) is 0 Å². The van der Waals surface area contributed by atoms with Gasteiger partial charge in [0.25, 0.3) is 0 Å². The number of ether oxygens (including phenoxy) is 1. The molecule has 0 N–H and O–H groups in total. The summed E-state index contributed by atoms with van der Waals surface area (Å²) in [4.78, 5) is 12.2. The minimum Gasteiger partial charge on any atom is -0.457 e. The van der Waals surface area contributed by atoms with Gasteiger partial charge in [0.1, 0.15) is 17.3 Å². The second-order valence-electron chi connectivity index (χ2n) is 5.17. The Kier molecular flexibility index (Phi) is 4.48. The van der Waals surface area contributed by atoms with Gasteiger partial charge in [0, 0.05) is 12.0 Å². The lowest BCUT2D eigenvalue weighted by molar-refractivity contribution is 0.0993. The van der Waals surface area contributed by atoms with Crippen LogP contribution in [0.3, 0.4) is 0 Å². The summed E-state index contributed by atoms with van der Waals surface area (Å²) in [7, 11) is 0. The Bertz CT molecular complexity index is 778. The summed E-state index contributed by atoms with van der Waals surface area (Å²) in [6.07, 6.45) is 0.249. The van der Waals surface area contributed by atoms with Gasteiger partial charge >= 0.3 is 0 Å². The topological polar surface area (TPSA) is 26.3 Å². The van der Waals surface area contributed by atoms with Crippen LogP contribution in [0.15, 0.2) is 78.9 Å². The van der Waals surface area contributed by atoms with E-state index in [0.717, 1.165) is 11.3 Å². The zero-order valence-electron chi connectivity index (χ0n) is 12.4. The zero-order chi connectivity index (χ0) is 16.1. The molecule has 2 nitrogen and oxygen atoms in total. The second kappa shape index (κ2) is 6.88. The third-order valence-corrected chi connectivity index (χ3v) is 3.43. The highest BCUT2D eigenvalue weighted by Crippen LogP contribution is 2.21. The first-order valence-corrected chi connectivity index (χ1v) is 7.31. The Labute approximate surface area is 134 Å². The smallest absolute Gasteiger partial charge is 0.167 e. The molecule has 3 rings (SSSR count). The van der Waals surface area contributed by atoms with E-state index in [0.29, 0.717) is 11.3 Å². The monoisotopic (exact) mass is 306 g/mol. The number of carbonyl (C=O) groups excluding carboxylic acids is 1. The molecular formula is C20H15FO2. The molecule has 0 radical (unpaired) electrons. The molecule has 0 atom stereocenters. The second-order valence-corrected chi connectivity index (χ2v) is 5.17. The Morgan fingerprint density at radius 3 is 2.04 bits per heavy atom. The summed E-state index contributed by atoms with van der Waals surface area (Å²) in [6.45, 7) is 0. The van der Waals surface area contributed by atoms with Gasteiger partial charge in [-0.1, -0.05) is 30.3 Å². The molecule has 3 aromatic rings. The number of hydrogen-bond donors (Lipinski definition) is 0. The van der Waals surface area contributed by atoms with Crippen LogP contribution in [0.4, 0.5) is 4.39 Å². The third kappa shape index (κ3) is 4.04. The van der Waals surface area contributed by atoms with E-state index in [1.54, 1.807) is 36.4 Å². The molecule has 0 heterocycles. The van der Waals surface area contributed by atoms with Crippen molar-refractivity contribution >= 4 is 5.78 Å². The number of benzene rings is 3. The van der Waals surface area contributed by atoms with Crippen molar-refractivity contribution < 1.29 is 13.9 Å². The van der Waals surface area contributed by atoms with Crippen LogP contribution in [0.2, 0.25) is 0 Å². The first-order valence-electron chi connectivity index (χ1n) is 7.31. The van der Waals surface area contributed by atoms with Crippen molar-refractivity contribution in [1.82, 2.24) is 0 Å². The SMILES string of the molecule is O=C(Cc1ccc(F)cc1)c1ccc(Oc2ccccc2)cc1. The highest BCUT2D eigenvalue weighted by Gasteiger charge is 2.08. The fourth-order valence-electron chi connectivity index (χ4n) is 2.22. The van der Waals surface area contributed by atoms with Gasteiger partial charge in [-0.25, -0.2) is 4.39 Å². The largest absolute Gasteiger partial charge is 0.457 e.